The first kappa shape index (κ1) is 21.7. The fourth-order valence-electron chi connectivity index (χ4n) is 3.32. The fraction of sp³-hybridized carbons (Fsp3) is 0.227. The molecule has 9 heteroatoms. The van der Waals surface area contributed by atoms with Gasteiger partial charge in [0.1, 0.15) is 12.2 Å². The normalized spacial score (nSPS) is 10.7. The van der Waals surface area contributed by atoms with Gasteiger partial charge in [-0.15, -0.1) is 6.58 Å². The number of methoxy groups -OCH3 is 1. The molecule has 0 aliphatic rings. The first-order valence-corrected chi connectivity index (χ1v) is 9.46. The number of para-hydroxylation sites is 1. The SMILES string of the molecule is C=CCN(C(=O)Cn1c(=O)c2c(C(=O)OC)cc(C)nc2n(C)c1=O)c1ccccc1. The summed E-state index contributed by atoms with van der Waals surface area (Å²) in [4.78, 5) is 57.1. The van der Waals surface area contributed by atoms with Crippen molar-refractivity contribution in [2.45, 2.75) is 13.5 Å². The van der Waals surface area contributed by atoms with Gasteiger partial charge in [-0.25, -0.2) is 14.6 Å². The molecule has 2 heterocycles. The zero-order chi connectivity index (χ0) is 22.7. The molecule has 1 aromatic carbocycles. The van der Waals surface area contributed by atoms with Crippen LogP contribution < -0.4 is 16.1 Å². The number of fused-ring (bicyclic) bond motifs is 1. The van der Waals surface area contributed by atoms with Crippen LogP contribution in [-0.4, -0.2) is 39.6 Å². The number of carbonyl (C=O) groups is 2. The summed E-state index contributed by atoms with van der Waals surface area (Å²) in [7, 11) is 2.62. The van der Waals surface area contributed by atoms with Crippen molar-refractivity contribution in [1.82, 2.24) is 14.1 Å². The molecule has 0 saturated heterocycles. The molecule has 31 heavy (non-hydrogen) atoms. The molecule has 1 amide bonds. The third-order valence-corrected chi connectivity index (χ3v) is 4.80. The second-order valence-electron chi connectivity index (χ2n) is 6.86. The lowest BCUT2D eigenvalue weighted by atomic mass is 10.1. The van der Waals surface area contributed by atoms with Crippen molar-refractivity contribution in [3.8, 4) is 0 Å². The minimum atomic E-state index is -0.786. The van der Waals surface area contributed by atoms with E-state index in [1.807, 2.05) is 6.07 Å². The molecule has 0 aliphatic carbocycles. The first-order valence-electron chi connectivity index (χ1n) is 9.46. The van der Waals surface area contributed by atoms with Crippen molar-refractivity contribution < 1.29 is 14.3 Å². The zero-order valence-corrected chi connectivity index (χ0v) is 17.5. The highest BCUT2D eigenvalue weighted by Crippen LogP contribution is 2.16. The summed E-state index contributed by atoms with van der Waals surface area (Å²) in [5.41, 5.74) is -0.428. The van der Waals surface area contributed by atoms with Crippen LogP contribution in [0.4, 0.5) is 5.69 Å². The van der Waals surface area contributed by atoms with E-state index in [9.17, 15) is 19.2 Å². The Morgan fingerprint density at radius 1 is 1.23 bits per heavy atom. The summed E-state index contributed by atoms with van der Waals surface area (Å²) >= 11 is 0. The minimum absolute atomic E-state index is 0.0159. The van der Waals surface area contributed by atoms with E-state index in [-0.39, 0.29) is 23.1 Å². The van der Waals surface area contributed by atoms with Gasteiger partial charge < -0.3 is 9.64 Å². The maximum atomic E-state index is 13.2. The summed E-state index contributed by atoms with van der Waals surface area (Å²) in [5, 5.41) is -0.0812. The molecular formula is C22H22N4O5. The van der Waals surface area contributed by atoms with Crippen LogP contribution in [0.25, 0.3) is 11.0 Å². The second kappa shape index (κ2) is 8.78. The van der Waals surface area contributed by atoms with Gasteiger partial charge in [0, 0.05) is 25.0 Å². The topological polar surface area (TPSA) is 104 Å². The Bertz CT molecular complexity index is 1290. The number of hydrogen-bond acceptors (Lipinski definition) is 6. The van der Waals surface area contributed by atoms with Crippen molar-refractivity contribution in [3.05, 3.63) is 81.1 Å². The number of aromatic nitrogens is 3. The number of carbonyl (C=O) groups excluding carboxylic acids is 2. The summed E-state index contributed by atoms with van der Waals surface area (Å²) in [5.74, 6) is -1.22. The number of anilines is 1. The number of pyridine rings is 1. The number of benzene rings is 1. The lowest BCUT2D eigenvalue weighted by Gasteiger charge is -2.22. The van der Waals surface area contributed by atoms with Gasteiger partial charge in [0.2, 0.25) is 5.91 Å². The Morgan fingerprint density at radius 3 is 2.52 bits per heavy atom. The molecule has 0 aliphatic heterocycles. The van der Waals surface area contributed by atoms with Crippen molar-refractivity contribution in [2.24, 2.45) is 7.05 Å². The molecule has 0 N–H and O–H groups in total. The van der Waals surface area contributed by atoms with E-state index >= 15 is 0 Å². The standard InChI is InChI=1S/C22H22N4O5/c1-5-11-25(15-9-7-6-8-10-15)17(27)13-26-20(28)18-16(21(29)31-4)12-14(2)23-19(18)24(3)22(26)30/h5-10,12H,1,11,13H2,2-4H3. The average Bonchev–Trinajstić information content (AvgIpc) is 2.78. The van der Waals surface area contributed by atoms with Crippen LogP contribution in [0, 0.1) is 6.92 Å². The number of hydrogen-bond donors (Lipinski definition) is 0. The van der Waals surface area contributed by atoms with Gasteiger partial charge in [-0.2, -0.15) is 0 Å². The van der Waals surface area contributed by atoms with Gasteiger partial charge in [0.25, 0.3) is 5.56 Å². The fourth-order valence-corrected chi connectivity index (χ4v) is 3.32. The average molecular weight is 422 g/mol. The molecule has 0 bridgehead atoms. The van der Waals surface area contributed by atoms with Crippen LogP contribution in [0.15, 0.2) is 58.6 Å². The smallest absolute Gasteiger partial charge is 0.338 e. The quantitative estimate of drug-likeness (QED) is 0.440. The lowest BCUT2D eigenvalue weighted by molar-refractivity contribution is -0.119. The Balaban J connectivity index is 2.19. The van der Waals surface area contributed by atoms with E-state index in [0.717, 1.165) is 9.13 Å². The summed E-state index contributed by atoms with van der Waals surface area (Å²) in [6.45, 7) is 4.98. The Kier molecular flexibility index (Phi) is 6.15. The molecular weight excluding hydrogens is 400 g/mol. The summed E-state index contributed by atoms with van der Waals surface area (Å²) in [6, 6.07) is 10.3. The van der Waals surface area contributed by atoms with Crippen LogP contribution in [0.2, 0.25) is 0 Å². The van der Waals surface area contributed by atoms with E-state index in [1.54, 1.807) is 37.3 Å². The number of nitrogens with zero attached hydrogens (tertiary/aromatic N) is 4. The monoisotopic (exact) mass is 422 g/mol. The minimum Gasteiger partial charge on any atom is -0.465 e. The van der Waals surface area contributed by atoms with E-state index in [4.69, 9.17) is 4.74 Å². The largest absolute Gasteiger partial charge is 0.465 e. The van der Waals surface area contributed by atoms with Crippen LogP contribution in [0.1, 0.15) is 16.1 Å². The maximum absolute atomic E-state index is 13.2. The molecule has 160 valence electrons. The van der Waals surface area contributed by atoms with E-state index in [0.29, 0.717) is 11.4 Å². The van der Waals surface area contributed by atoms with E-state index < -0.39 is 29.7 Å². The number of esters is 1. The van der Waals surface area contributed by atoms with Crippen molar-refractivity contribution in [3.63, 3.8) is 0 Å². The lowest BCUT2D eigenvalue weighted by Crippen LogP contribution is -2.45. The molecule has 0 saturated carbocycles. The highest BCUT2D eigenvalue weighted by atomic mass is 16.5. The van der Waals surface area contributed by atoms with E-state index in [1.165, 1.54) is 25.1 Å². The van der Waals surface area contributed by atoms with Crippen molar-refractivity contribution in [1.29, 1.82) is 0 Å². The van der Waals surface area contributed by atoms with Gasteiger partial charge in [-0.1, -0.05) is 24.3 Å². The molecule has 3 rings (SSSR count). The van der Waals surface area contributed by atoms with Gasteiger partial charge >= 0.3 is 11.7 Å². The molecule has 2 aromatic heterocycles. The third kappa shape index (κ3) is 4.02. The van der Waals surface area contributed by atoms with Crippen LogP contribution in [0.3, 0.4) is 0 Å². The zero-order valence-electron chi connectivity index (χ0n) is 17.5. The maximum Gasteiger partial charge on any atom is 0.338 e. The molecule has 0 radical (unpaired) electrons. The number of rotatable bonds is 6. The number of amides is 1. The molecule has 0 spiro atoms. The van der Waals surface area contributed by atoms with Crippen LogP contribution in [0.5, 0.6) is 0 Å². The highest BCUT2D eigenvalue weighted by Gasteiger charge is 2.23. The highest BCUT2D eigenvalue weighted by molar-refractivity contribution is 6.02. The van der Waals surface area contributed by atoms with Crippen LogP contribution in [-0.2, 0) is 23.1 Å². The number of ether oxygens (including phenoxy) is 1. The predicted octanol–water partition coefficient (Wildman–Crippen LogP) is 1.41. The summed E-state index contributed by atoms with van der Waals surface area (Å²) in [6.07, 6.45) is 1.55. The Hall–Kier alpha value is -4.01. The predicted molar refractivity (Wildman–Crippen MR) is 116 cm³/mol. The van der Waals surface area contributed by atoms with Crippen molar-refractivity contribution in [2.75, 3.05) is 18.6 Å². The number of aryl methyl sites for hydroxylation is 2. The molecule has 9 nitrogen and oxygen atoms in total. The first-order chi connectivity index (χ1) is 14.8. The van der Waals surface area contributed by atoms with Gasteiger partial charge in [0.05, 0.1) is 18.1 Å². The van der Waals surface area contributed by atoms with Gasteiger partial charge in [0.15, 0.2) is 0 Å². The van der Waals surface area contributed by atoms with Gasteiger partial charge in [-0.05, 0) is 25.1 Å². The van der Waals surface area contributed by atoms with E-state index in [2.05, 4.69) is 11.6 Å². The Morgan fingerprint density at radius 2 is 1.90 bits per heavy atom. The third-order valence-electron chi connectivity index (χ3n) is 4.80. The molecule has 0 atom stereocenters. The molecule has 0 unspecified atom stereocenters. The van der Waals surface area contributed by atoms with Gasteiger partial charge in [-0.3, -0.25) is 18.7 Å². The molecule has 3 aromatic rings. The van der Waals surface area contributed by atoms with Crippen molar-refractivity contribution >= 4 is 28.6 Å². The Labute approximate surface area is 177 Å². The second-order valence-corrected chi connectivity index (χ2v) is 6.86. The van der Waals surface area contributed by atoms with Crippen LogP contribution >= 0.6 is 0 Å². The summed E-state index contributed by atoms with van der Waals surface area (Å²) < 4.78 is 6.73. The molecule has 0 fully saturated rings.